The Hall–Kier alpha value is -0.755. The van der Waals surface area contributed by atoms with Crippen LogP contribution in [-0.4, -0.2) is 34.3 Å². The molecule has 4 nitrogen and oxygen atoms in total. The Morgan fingerprint density at radius 2 is 1.96 bits per heavy atom. The smallest absolute Gasteiger partial charge is 0.400 e. The molecule has 1 aliphatic rings. The second-order valence-corrected chi connectivity index (χ2v) is 8.00. The number of H-pyrrole nitrogens is 1. The van der Waals surface area contributed by atoms with Gasteiger partial charge in [-0.1, -0.05) is 15.9 Å². The van der Waals surface area contributed by atoms with Crippen molar-refractivity contribution in [1.82, 2.24) is 10.2 Å². The number of nitrogens with one attached hydrogen (secondary N) is 1. The van der Waals surface area contributed by atoms with E-state index in [1.807, 2.05) is 52.0 Å². The van der Waals surface area contributed by atoms with E-state index in [4.69, 9.17) is 9.31 Å². The molecule has 122 valence electrons. The zero-order chi connectivity index (χ0) is 16.8. The van der Waals surface area contributed by atoms with Crippen LogP contribution in [0.3, 0.4) is 0 Å². The van der Waals surface area contributed by atoms with Crippen LogP contribution in [0.25, 0.3) is 17.0 Å². The number of nitrogens with zero attached hydrogens (tertiary/aromatic N) is 1. The maximum absolute atomic E-state index is 6.12. The fraction of sp³-hybridized carbons (Fsp3) is 0.438. The maximum atomic E-state index is 6.12. The summed E-state index contributed by atoms with van der Waals surface area (Å²) in [5.41, 5.74) is 2.10. The minimum absolute atomic E-state index is 0.360. The Morgan fingerprint density at radius 1 is 1.30 bits per heavy atom. The van der Waals surface area contributed by atoms with Crippen molar-refractivity contribution in [2.75, 3.05) is 5.75 Å². The topological polar surface area (TPSA) is 47.1 Å². The number of hydrogen-bond donors (Lipinski definition) is 2. The molecule has 0 atom stereocenters. The lowest BCUT2D eigenvalue weighted by Gasteiger charge is -2.32. The summed E-state index contributed by atoms with van der Waals surface area (Å²) in [6.07, 6.45) is 2.03. The lowest BCUT2D eigenvalue weighted by molar-refractivity contribution is 0.00578. The van der Waals surface area contributed by atoms with Crippen LogP contribution < -0.4 is 0 Å². The van der Waals surface area contributed by atoms with Gasteiger partial charge >= 0.3 is 7.12 Å². The van der Waals surface area contributed by atoms with Gasteiger partial charge in [0.15, 0.2) is 0 Å². The van der Waals surface area contributed by atoms with Gasteiger partial charge in [-0.05, 0) is 57.4 Å². The number of halogens is 1. The van der Waals surface area contributed by atoms with Crippen molar-refractivity contribution >= 4 is 52.7 Å². The molecule has 1 fully saturated rings. The van der Waals surface area contributed by atoms with E-state index in [1.165, 1.54) is 0 Å². The highest BCUT2D eigenvalue weighted by atomic mass is 79.9. The fourth-order valence-corrected chi connectivity index (χ4v) is 3.07. The number of benzene rings is 1. The predicted molar refractivity (Wildman–Crippen MR) is 102 cm³/mol. The van der Waals surface area contributed by atoms with Gasteiger partial charge in [0.05, 0.1) is 22.4 Å². The molecule has 1 N–H and O–H groups in total. The Labute approximate surface area is 150 Å². The number of thiol groups is 1. The summed E-state index contributed by atoms with van der Waals surface area (Å²) in [5, 5.41) is 8.48. The Kier molecular flexibility index (Phi) is 4.42. The second-order valence-electron chi connectivity index (χ2n) is 6.76. The summed E-state index contributed by atoms with van der Waals surface area (Å²) in [5.74, 6) is 0.549. The van der Waals surface area contributed by atoms with E-state index in [0.717, 1.165) is 26.5 Å². The molecule has 2 heterocycles. The van der Waals surface area contributed by atoms with Crippen molar-refractivity contribution in [2.45, 2.75) is 38.9 Å². The average molecular weight is 395 g/mol. The summed E-state index contributed by atoms with van der Waals surface area (Å²) in [4.78, 5) is 0. The van der Waals surface area contributed by atoms with Crippen LogP contribution in [0.15, 0.2) is 28.1 Å². The predicted octanol–water partition coefficient (Wildman–Crippen LogP) is 4.27. The van der Waals surface area contributed by atoms with E-state index >= 15 is 0 Å². The summed E-state index contributed by atoms with van der Waals surface area (Å²) in [6, 6.07) is 6.03. The van der Waals surface area contributed by atoms with Crippen molar-refractivity contribution in [3.05, 3.63) is 33.8 Å². The molecule has 0 unspecified atom stereocenters. The van der Waals surface area contributed by atoms with Gasteiger partial charge in [-0.3, -0.25) is 5.10 Å². The van der Waals surface area contributed by atoms with Crippen LogP contribution in [0.5, 0.6) is 0 Å². The Morgan fingerprint density at radius 3 is 2.57 bits per heavy atom. The van der Waals surface area contributed by atoms with Crippen LogP contribution >= 0.6 is 28.6 Å². The molecule has 3 rings (SSSR count). The van der Waals surface area contributed by atoms with Crippen LogP contribution in [0.2, 0.25) is 0 Å². The summed E-state index contributed by atoms with van der Waals surface area (Å²) < 4.78 is 13.2. The van der Waals surface area contributed by atoms with Gasteiger partial charge in [-0.15, -0.1) is 0 Å². The molecule has 0 aliphatic carbocycles. The van der Waals surface area contributed by atoms with E-state index < -0.39 is 7.12 Å². The fourth-order valence-electron chi connectivity index (χ4n) is 2.48. The molecule has 0 spiro atoms. The quantitative estimate of drug-likeness (QED) is 0.603. The van der Waals surface area contributed by atoms with Gasteiger partial charge in [0.2, 0.25) is 0 Å². The third-order valence-electron chi connectivity index (χ3n) is 4.62. The number of rotatable bonds is 3. The zero-order valence-electron chi connectivity index (χ0n) is 13.7. The maximum Gasteiger partial charge on any atom is 0.491 e. The molecule has 2 aromatic rings. The van der Waals surface area contributed by atoms with Crippen molar-refractivity contribution in [1.29, 1.82) is 0 Å². The lowest BCUT2D eigenvalue weighted by Crippen LogP contribution is -2.41. The van der Waals surface area contributed by atoms with E-state index in [1.54, 1.807) is 0 Å². The van der Waals surface area contributed by atoms with Gasteiger partial charge in [0, 0.05) is 15.6 Å². The van der Waals surface area contributed by atoms with E-state index in [-0.39, 0.29) is 11.2 Å². The van der Waals surface area contributed by atoms with E-state index in [0.29, 0.717) is 5.75 Å². The first-order valence-electron chi connectivity index (χ1n) is 7.54. The highest BCUT2D eigenvalue weighted by Crippen LogP contribution is 2.39. The standard InChI is InChI=1S/C16H20BBrN2O2S/c1-15(2)16(3,4)22-17(21-15)10(9-23)7-13-12-6-5-11(18)8-14(12)20-19-13/h5-8,23H,9H2,1-4H3,(H,19,20). The van der Waals surface area contributed by atoms with E-state index in [2.05, 4.69) is 38.8 Å². The van der Waals surface area contributed by atoms with Gasteiger partial charge in [0.1, 0.15) is 0 Å². The summed E-state index contributed by atoms with van der Waals surface area (Å²) >= 11 is 7.92. The molecule has 0 saturated carbocycles. The average Bonchev–Trinajstić information content (AvgIpc) is 2.94. The lowest BCUT2D eigenvalue weighted by atomic mass is 9.78. The van der Waals surface area contributed by atoms with Crippen LogP contribution in [0.4, 0.5) is 0 Å². The number of hydrogen-bond acceptors (Lipinski definition) is 4. The highest BCUT2D eigenvalue weighted by molar-refractivity contribution is 9.10. The van der Waals surface area contributed by atoms with Gasteiger partial charge in [-0.25, -0.2) is 0 Å². The molecule has 0 radical (unpaired) electrons. The molecular formula is C16H20BBrN2O2S. The molecule has 1 aliphatic heterocycles. The molecular weight excluding hydrogens is 375 g/mol. The van der Waals surface area contributed by atoms with Crippen LogP contribution in [0.1, 0.15) is 33.4 Å². The van der Waals surface area contributed by atoms with E-state index in [9.17, 15) is 0 Å². The van der Waals surface area contributed by atoms with Gasteiger partial charge < -0.3 is 9.31 Å². The monoisotopic (exact) mass is 394 g/mol. The molecule has 0 amide bonds. The first kappa shape index (κ1) is 17.1. The SMILES string of the molecule is CC1(C)OB(C(=Cc2[nH]nc3cc(Br)ccc23)CS)OC1(C)C. The second kappa shape index (κ2) is 5.95. The van der Waals surface area contributed by atoms with Crippen molar-refractivity contribution in [3.63, 3.8) is 0 Å². The minimum Gasteiger partial charge on any atom is -0.400 e. The summed E-state index contributed by atoms with van der Waals surface area (Å²) in [7, 11) is -0.397. The zero-order valence-corrected chi connectivity index (χ0v) is 16.2. The van der Waals surface area contributed by atoms with Gasteiger partial charge in [0.25, 0.3) is 0 Å². The first-order chi connectivity index (χ1) is 10.7. The molecule has 7 heteroatoms. The number of fused-ring (bicyclic) bond motifs is 1. The van der Waals surface area contributed by atoms with Crippen molar-refractivity contribution in [2.24, 2.45) is 0 Å². The van der Waals surface area contributed by atoms with Crippen LogP contribution in [-0.2, 0) is 9.31 Å². The Bertz CT molecular complexity index is 757. The Balaban J connectivity index is 1.96. The largest absolute Gasteiger partial charge is 0.491 e. The number of aromatic amines is 1. The first-order valence-corrected chi connectivity index (χ1v) is 8.97. The van der Waals surface area contributed by atoms with Crippen LogP contribution in [0, 0.1) is 0 Å². The van der Waals surface area contributed by atoms with Crippen molar-refractivity contribution < 1.29 is 9.31 Å². The number of aromatic nitrogens is 2. The molecule has 23 heavy (non-hydrogen) atoms. The third kappa shape index (κ3) is 3.12. The van der Waals surface area contributed by atoms with Crippen molar-refractivity contribution in [3.8, 4) is 0 Å². The molecule has 1 aromatic heterocycles. The third-order valence-corrected chi connectivity index (χ3v) is 5.47. The molecule has 0 bridgehead atoms. The summed E-state index contributed by atoms with van der Waals surface area (Å²) in [6.45, 7) is 8.19. The minimum atomic E-state index is -0.397. The molecule has 1 aromatic carbocycles. The normalized spacial score (nSPS) is 20.4. The van der Waals surface area contributed by atoms with Gasteiger partial charge in [-0.2, -0.15) is 17.7 Å². The molecule has 1 saturated heterocycles. The highest BCUT2D eigenvalue weighted by Gasteiger charge is 2.52.